The van der Waals surface area contributed by atoms with E-state index in [1.165, 1.54) is 155 Å². The molecule has 18 rings (SSSR count). The fourth-order valence-corrected chi connectivity index (χ4v) is 18.2. The summed E-state index contributed by atoms with van der Waals surface area (Å²) in [6, 6.07) is 105. The lowest BCUT2D eigenvalue weighted by Crippen LogP contribution is -2.30. The van der Waals surface area contributed by atoms with Gasteiger partial charge in [-0.3, -0.25) is 0 Å². The summed E-state index contributed by atoms with van der Waals surface area (Å²) in [6.07, 6.45) is 0.879. The van der Waals surface area contributed by atoms with Gasteiger partial charge >= 0.3 is 0 Å². The van der Waals surface area contributed by atoms with Gasteiger partial charge in [0, 0.05) is 61.4 Å². The molecule has 13 aromatic carbocycles. The third-order valence-electron chi connectivity index (χ3n) is 24.4. The number of benzene rings is 13. The van der Waals surface area contributed by atoms with Crippen molar-refractivity contribution in [3.63, 3.8) is 0 Å². The predicted molar refractivity (Wildman–Crippen MR) is 465 cm³/mol. The summed E-state index contributed by atoms with van der Waals surface area (Å²) in [5.41, 5.74) is 36.6. The molecule has 0 spiro atoms. The first-order valence-corrected chi connectivity index (χ1v) is 39.7. The average Bonchev–Trinajstić information content (AvgIpc) is 0.981. The van der Waals surface area contributed by atoms with Gasteiger partial charge in [-0.15, -0.1) is 0 Å². The lowest BCUT2D eigenvalue weighted by molar-refractivity contribution is 0.590. The summed E-state index contributed by atoms with van der Waals surface area (Å²) in [6.45, 7) is 42.2. The van der Waals surface area contributed by atoms with Crippen LogP contribution in [0.5, 0.6) is 0 Å². The zero-order valence-corrected chi connectivity index (χ0v) is 67.1. The minimum atomic E-state index is -0.225. The quantitative estimate of drug-likeness (QED) is 0.158. The molecule has 542 valence electrons. The van der Waals surface area contributed by atoms with Gasteiger partial charge in [-0.2, -0.15) is 0 Å². The molecule has 3 aliphatic rings. The molecule has 0 N–H and O–H groups in total. The van der Waals surface area contributed by atoms with Crippen LogP contribution < -0.4 is 9.80 Å². The van der Waals surface area contributed by atoms with Crippen molar-refractivity contribution < 1.29 is 0 Å². The molecule has 15 aromatic rings. The van der Waals surface area contributed by atoms with Crippen LogP contribution in [0, 0.1) is 0 Å². The van der Waals surface area contributed by atoms with Gasteiger partial charge in [0.1, 0.15) is 0 Å². The molecule has 0 atom stereocenters. The second-order valence-electron chi connectivity index (χ2n) is 37.9. The highest BCUT2D eigenvalue weighted by Crippen LogP contribution is 2.64. The Hall–Kier alpha value is -10.9. The van der Waals surface area contributed by atoms with E-state index in [0.717, 1.165) is 40.5 Å². The van der Waals surface area contributed by atoms with E-state index in [4.69, 9.17) is 0 Å². The lowest BCUT2D eigenvalue weighted by Gasteiger charge is -2.47. The zero-order chi connectivity index (χ0) is 75.9. The van der Waals surface area contributed by atoms with E-state index < -0.39 is 0 Å². The maximum atomic E-state index is 2.73. The van der Waals surface area contributed by atoms with Crippen LogP contribution in [0.15, 0.2) is 267 Å². The lowest BCUT2D eigenvalue weighted by atomic mass is 9.71. The third-order valence-corrected chi connectivity index (χ3v) is 24.4. The maximum Gasteiger partial charge on any atom is 0.0541 e. The summed E-state index contributed by atoms with van der Waals surface area (Å²) in [4.78, 5) is 5.45. The molecule has 2 aromatic heterocycles. The van der Waals surface area contributed by atoms with Crippen LogP contribution in [0.25, 0.3) is 77.2 Å². The van der Waals surface area contributed by atoms with Crippen molar-refractivity contribution in [2.75, 3.05) is 9.80 Å². The Bertz CT molecular complexity index is 5690. The first kappa shape index (κ1) is 69.8. The van der Waals surface area contributed by atoms with Gasteiger partial charge in [-0.05, 0) is 232 Å². The summed E-state index contributed by atoms with van der Waals surface area (Å²) < 4.78 is 5.15. The third kappa shape index (κ3) is 11.6. The minimum absolute atomic E-state index is 0.0517. The van der Waals surface area contributed by atoms with Crippen LogP contribution in [-0.2, 0) is 38.9 Å². The molecule has 0 saturated carbocycles. The normalized spacial score (nSPS) is 14.2. The van der Waals surface area contributed by atoms with Gasteiger partial charge in [0.15, 0.2) is 0 Å². The molecule has 0 amide bonds. The Morgan fingerprint density at radius 1 is 0.248 bits per heavy atom. The molecule has 4 heterocycles. The number of rotatable bonds is 7. The Morgan fingerprint density at radius 3 is 0.899 bits per heavy atom. The zero-order valence-electron chi connectivity index (χ0n) is 67.1. The topological polar surface area (TPSA) is 16.3 Å². The fourth-order valence-electron chi connectivity index (χ4n) is 18.2. The molecular weight excluding hydrogens is 1320 g/mol. The molecule has 4 nitrogen and oxygen atoms in total. The van der Waals surface area contributed by atoms with Gasteiger partial charge < -0.3 is 18.9 Å². The van der Waals surface area contributed by atoms with E-state index in [9.17, 15) is 0 Å². The van der Waals surface area contributed by atoms with E-state index in [1.54, 1.807) is 0 Å². The summed E-state index contributed by atoms with van der Waals surface area (Å²) in [7, 11) is 0. The van der Waals surface area contributed by atoms with Crippen molar-refractivity contribution in [3.05, 3.63) is 345 Å². The monoisotopic (exact) mass is 1420 g/mol. The van der Waals surface area contributed by atoms with Crippen molar-refractivity contribution in [3.8, 4) is 33.6 Å². The van der Waals surface area contributed by atoms with Crippen LogP contribution in [-0.4, -0.2) is 9.13 Å². The minimum Gasteiger partial charge on any atom is -0.309 e. The van der Waals surface area contributed by atoms with Crippen molar-refractivity contribution in [2.45, 2.75) is 175 Å². The highest BCUT2D eigenvalue weighted by molar-refractivity contribution is 6.12. The van der Waals surface area contributed by atoms with E-state index >= 15 is 0 Å². The van der Waals surface area contributed by atoms with Gasteiger partial charge in [-0.25, -0.2) is 0 Å². The Labute approximate surface area is 646 Å². The van der Waals surface area contributed by atoms with Crippen LogP contribution in [0.1, 0.15) is 214 Å². The van der Waals surface area contributed by atoms with Crippen molar-refractivity contribution >= 4 is 77.7 Å². The van der Waals surface area contributed by atoms with Crippen LogP contribution in [0.4, 0.5) is 34.1 Å². The number of nitrogens with zero attached hydrogens (tertiary/aromatic N) is 4. The summed E-state index contributed by atoms with van der Waals surface area (Å²) in [5, 5.41) is 5.09. The molecule has 0 unspecified atom stereocenters. The van der Waals surface area contributed by atoms with Gasteiger partial charge in [0.05, 0.1) is 56.2 Å². The molecule has 1 aliphatic carbocycles. The van der Waals surface area contributed by atoms with Crippen molar-refractivity contribution in [1.29, 1.82) is 0 Å². The predicted octanol–water partition coefficient (Wildman–Crippen LogP) is 28.8. The number of hydrogen-bond acceptors (Lipinski definition) is 2. The van der Waals surface area contributed by atoms with Gasteiger partial charge in [0.2, 0.25) is 0 Å². The largest absolute Gasteiger partial charge is 0.309 e. The molecule has 0 radical (unpaired) electrons. The van der Waals surface area contributed by atoms with Gasteiger partial charge in [-0.1, -0.05) is 282 Å². The van der Waals surface area contributed by atoms with Crippen molar-refractivity contribution in [1.82, 2.24) is 9.13 Å². The van der Waals surface area contributed by atoms with E-state index in [1.807, 2.05) is 0 Å². The number of anilines is 6. The number of aromatic nitrogens is 2. The molecule has 0 bridgehead atoms. The van der Waals surface area contributed by atoms with E-state index in [-0.39, 0.29) is 44.3 Å². The fraction of sp³-hybridized carbons (Fsp3) is 0.257. The summed E-state index contributed by atoms with van der Waals surface area (Å²) in [5.74, 6) is -0.321. The van der Waals surface area contributed by atoms with E-state index in [0.29, 0.717) is 0 Å². The highest BCUT2D eigenvalue weighted by Gasteiger charge is 2.45. The molecule has 2 aliphatic heterocycles. The molecular formula is C105H102N4. The second kappa shape index (κ2) is 24.8. The van der Waals surface area contributed by atoms with E-state index in [2.05, 4.69) is 410 Å². The standard InChI is InChI=1S/C105H102N4/c1-100(2,3)69-37-47-87(81(56-69)64-29-21-19-22-30-64)108-93-62-75(106-89-49-39-71(102(7,8)9)58-83(89)84-59-72(103(10,11)12)40-50-90(84)106)43-45-79(93)98-80-46-44-76(107-91-51-41-73(104(13,14)15)60-85(91)86-61-74(105(16,17)18)42-52-92(86)107)63-94(80)109(88-48-38-70(101(4,5)6)57-82(88)65-31-23-20-24-32-65)96-55-68(54-95(108)99(96)98)97-77-35-27-25-33-66(77)53-67-34-26-28-36-78(67)97/h19-52,54-63,97-98H,53H2,1-18H3. The van der Waals surface area contributed by atoms with Crippen LogP contribution >= 0.6 is 0 Å². The Balaban J connectivity index is 1.01. The Morgan fingerprint density at radius 2 is 0.560 bits per heavy atom. The van der Waals surface area contributed by atoms with Crippen molar-refractivity contribution in [2.24, 2.45) is 0 Å². The smallest absolute Gasteiger partial charge is 0.0541 e. The van der Waals surface area contributed by atoms with Crippen LogP contribution in [0.3, 0.4) is 0 Å². The first-order chi connectivity index (χ1) is 51.8. The van der Waals surface area contributed by atoms with Gasteiger partial charge in [0.25, 0.3) is 0 Å². The number of fused-ring (bicyclic) bond motifs is 12. The Kier molecular flexibility index (Phi) is 15.9. The molecule has 109 heavy (non-hydrogen) atoms. The summed E-state index contributed by atoms with van der Waals surface area (Å²) >= 11 is 0. The number of hydrogen-bond donors (Lipinski definition) is 0. The average molecular weight is 1420 g/mol. The first-order valence-electron chi connectivity index (χ1n) is 39.7. The highest BCUT2D eigenvalue weighted by atomic mass is 15.2. The molecule has 0 saturated heterocycles. The molecule has 4 heteroatoms. The molecule has 0 fully saturated rings. The van der Waals surface area contributed by atoms with Crippen LogP contribution in [0.2, 0.25) is 0 Å². The SMILES string of the molecule is CC(C)(C)c1ccc(N2c3cc(-n4c5ccc(C(C)(C)C)cc5c5cc(C(C)(C)C)ccc54)ccc3C3c4ccc(-n5c6ccc(C(C)(C)C)cc6c6cc(C(C)(C)C)ccc65)cc4N(c4ccc(C(C)(C)C)cc4-c4ccccc4)c4cc(C5c6ccccc6Cc6ccccc65)cc2c43)c(-c2ccccc2)c1. The second-order valence-corrected chi connectivity index (χ2v) is 37.9. The maximum absolute atomic E-state index is 2.73.